The van der Waals surface area contributed by atoms with Gasteiger partial charge in [0.2, 0.25) is 5.91 Å². The second kappa shape index (κ2) is 4.86. The minimum atomic E-state index is -0.491. The van der Waals surface area contributed by atoms with E-state index in [0.717, 1.165) is 12.8 Å². The molecule has 1 aromatic heterocycles. The topological polar surface area (TPSA) is 75.1 Å². The first-order valence-corrected chi connectivity index (χ1v) is 5.62. The van der Waals surface area contributed by atoms with Crippen molar-refractivity contribution in [1.29, 1.82) is 0 Å². The molecule has 0 aliphatic carbocycles. The number of nitrogens with one attached hydrogen (secondary N) is 2. The molecule has 0 aliphatic heterocycles. The lowest BCUT2D eigenvalue weighted by molar-refractivity contribution is -0.116. The van der Waals surface area contributed by atoms with E-state index in [1.165, 1.54) is 0 Å². The van der Waals surface area contributed by atoms with Crippen LogP contribution in [0.4, 0.5) is 5.69 Å². The summed E-state index contributed by atoms with van der Waals surface area (Å²) in [5, 5.41) is 2.78. The van der Waals surface area contributed by atoms with E-state index in [0.29, 0.717) is 23.2 Å². The normalized spacial score (nSPS) is 10.6. The zero-order chi connectivity index (χ0) is 12.3. The third-order valence-electron chi connectivity index (χ3n) is 2.46. The largest absolute Gasteiger partial charge is 0.417 e. The van der Waals surface area contributed by atoms with Crippen LogP contribution in [0.5, 0.6) is 0 Å². The lowest BCUT2D eigenvalue weighted by atomic mass is 10.2. The zero-order valence-corrected chi connectivity index (χ0v) is 9.58. The predicted molar refractivity (Wildman–Crippen MR) is 65.0 cm³/mol. The summed E-state index contributed by atoms with van der Waals surface area (Å²) >= 11 is 0. The van der Waals surface area contributed by atoms with Crippen LogP contribution < -0.4 is 11.1 Å². The van der Waals surface area contributed by atoms with E-state index in [-0.39, 0.29) is 5.91 Å². The van der Waals surface area contributed by atoms with Crippen molar-refractivity contribution in [3.05, 3.63) is 28.7 Å². The summed E-state index contributed by atoms with van der Waals surface area (Å²) in [6.07, 6.45) is 2.37. The Labute approximate surface area is 97.8 Å². The third-order valence-corrected chi connectivity index (χ3v) is 2.46. The van der Waals surface area contributed by atoms with Gasteiger partial charge in [-0.25, -0.2) is 4.79 Å². The molecule has 0 saturated carbocycles. The van der Waals surface area contributed by atoms with Crippen molar-refractivity contribution in [2.75, 3.05) is 5.32 Å². The molecule has 0 bridgehead atoms. The molecule has 90 valence electrons. The number of H-pyrrole nitrogens is 1. The molecule has 17 heavy (non-hydrogen) atoms. The first-order valence-electron chi connectivity index (χ1n) is 5.62. The standard InChI is InChI=1S/C12H14N2O3/c1-2-3-4-11(15)13-8-5-6-10-9(7-8)14-12(16)17-10/h5-7H,2-4H2,1H3,(H,13,15)(H,14,16). The molecular weight excluding hydrogens is 220 g/mol. The summed E-state index contributed by atoms with van der Waals surface area (Å²) in [6, 6.07) is 5.05. The molecule has 1 amide bonds. The summed E-state index contributed by atoms with van der Waals surface area (Å²) in [4.78, 5) is 25.0. The van der Waals surface area contributed by atoms with Gasteiger partial charge in [0.05, 0.1) is 5.52 Å². The Morgan fingerprint density at radius 1 is 1.47 bits per heavy atom. The van der Waals surface area contributed by atoms with Gasteiger partial charge in [0, 0.05) is 12.1 Å². The highest BCUT2D eigenvalue weighted by Crippen LogP contribution is 2.16. The third kappa shape index (κ3) is 2.75. The molecule has 0 spiro atoms. The second-order valence-electron chi connectivity index (χ2n) is 3.88. The number of carbonyl (C=O) groups excluding carboxylic acids is 1. The van der Waals surface area contributed by atoms with Crippen molar-refractivity contribution in [3.8, 4) is 0 Å². The van der Waals surface area contributed by atoms with Crippen LogP contribution in [0.15, 0.2) is 27.4 Å². The SMILES string of the molecule is CCCCC(=O)Nc1ccc2oc(=O)[nH]c2c1. The number of hydrogen-bond acceptors (Lipinski definition) is 3. The Hall–Kier alpha value is -2.04. The molecule has 1 aromatic carbocycles. The molecule has 0 aliphatic rings. The van der Waals surface area contributed by atoms with E-state index in [9.17, 15) is 9.59 Å². The first kappa shape index (κ1) is 11.4. The van der Waals surface area contributed by atoms with Crippen molar-refractivity contribution >= 4 is 22.7 Å². The van der Waals surface area contributed by atoms with E-state index >= 15 is 0 Å². The second-order valence-corrected chi connectivity index (χ2v) is 3.88. The van der Waals surface area contributed by atoms with E-state index in [1.54, 1.807) is 18.2 Å². The van der Waals surface area contributed by atoms with Crippen LogP contribution in [0.3, 0.4) is 0 Å². The van der Waals surface area contributed by atoms with Gasteiger partial charge >= 0.3 is 5.76 Å². The minimum absolute atomic E-state index is 0.0166. The number of oxazole rings is 1. The van der Waals surface area contributed by atoms with Crippen molar-refractivity contribution in [2.24, 2.45) is 0 Å². The van der Waals surface area contributed by atoms with Gasteiger partial charge in [-0.05, 0) is 24.6 Å². The van der Waals surface area contributed by atoms with E-state index in [4.69, 9.17) is 4.42 Å². The summed E-state index contributed by atoms with van der Waals surface area (Å²) in [5.74, 6) is -0.508. The fourth-order valence-corrected chi connectivity index (χ4v) is 1.59. The van der Waals surface area contributed by atoms with Gasteiger partial charge in [-0.1, -0.05) is 13.3 Å². The van der Waals surface area contributed by atoms with Crippen molar-refractivity contribution in [1.82, 2.24) is 4.98 Å². The molecule has 2 rings (SSSR count). The van der Waals surface area contributed by atoms with E-state index < -0.39 is 5.76 Å². The molecule has 2 aromatic rings. The number of fused-ring (bicyclic) bond motifs is 1. The Bertz CT molecular complexity index is 583. The number of anilines is 1. The van der Waals surface area contributed by atoms with Crippen LogP contribution in [-0.2, 0) is 4.79 Å². The number of hydrogen-bond donors (Lipinski definition) is 2. The van der Waals surface area contributed by atoms with Crippen LogP contribution in [0.1, 0.15) is 26.2 Å². The van der Waals surface area contributed by atoms with Crippen LogP contribution in [-0.4, -0.2) is 10.9 Å². The highest BCUT2D eigenvalue weighted by molar-refractivity contribution is 5.92. The summed E-state index contributed by atoms with van der Waals surface area (Å²) < 4.78 is 4.87. The quantitative estimate of drug-likeness (QED) is 0.851. The predicted octanol–water partition coefficient (Wildman–Crippen LogP) is 2.25. The number of aromatic amines is 1. The number of benzene rings is 1. The number of aromatic nitrogens is 1. The number of carbonyl (C=O) groups is 1. The van der Waals surface area contributed by atoms with Gasteiger partial charge in [-0.3, -0.25) is 9.78 Å². The molecule has 0 atom stereocenters. The Balaban J connectivity index is 2.13. The molecule has 0 radical (unpaired) electrons. The lowest BCUT2D eigenvalue weighted by Gasteiger charge is -2.03. The molecule has 0 fully saturated rings. The zero-order valence-electron chi connectivity index (χ0n) is 9.58. The maximum atomic E-state index is 11.5. The monoisotopic (exact) mass is 234 g/mol. The fourth-order valence-electron chi connectivity index (χ4n) is 1.59. The molecule has 1 heterocycles. The number of unbranched alkanes of at least 4 members (excludes halogenated alkanes) is 1. The van der Waals surface area contributed by atoms with Crippen LogP contribution in [0, 0.1) is 0 Å². The van der Waals surface area contributed by atoms with Gasteiger partial charge in [0.15, 0.2) is 5.58 Å². The average molecular weight is 234 g/mol. The average Bonchev–Trinajstić information content (AvgIpc) is 2.65. The van der Waals surface area contributed by atoms with Gasteiger partial charge in [-0.15, -0.1) is 0 Å². The number of rotatable bonds is 4. The van der Waals surface area contributed by atoms with Crippen molar-refractivity contribution in [2.45, 2.75) is 26.2 Å². The van der Waals surface area contributed by atoms with Crippen molar-refractivity contribution in [3.63, 3.8) is 0 Å². The van der Waals surface area contributed by atoms with E-state index in [2.05, 4.69) is 10.3 Å². The summed E-state index contributed by atoms with van der Waals surface area (Å²) in [7, 11) is 0. The Morgan fingerprint density at radius 2 is 2.29 bits per heavy atom. The first-order chi connectivity index (χ1) is 8.19. The smallest absolute Gasteiger partial charge is 0.408 e. The van der Waals surface area contributed by atoms with Gasteiger partial charge < -0.3 is 9.73 Å². The van der Waals surface area contributed by atoms with E-state index in [1.807, 2.05) is 6.92 Å². The van der Waals surface area contributed by atoms with Crippen molar-refractivity contribution < 1.29 is 9.21 Å². The Kier molecular flexibility index (Phi) is 3.27. The summed E-state index contributed by atoms with van der Waals surface area (Å²) in [6.45, 7) is 2.04. The maximum Gasteiger partial charge on any atom is 0.417 e. The van der Waals surface area contributed by atoms with Gasteiger partial charge in [0.25, 0.3) is 0 Å². The van der Waals surface area contributed by atoms with Gasteiger partial charge in [-0.2, -0.15) is 0 Å². The molecular formula is C12H14N2O3. The van der Waals surface area contributed by atoms with Crippen LogP contribution in [0.25, 0.3) is 11.1 Å². The van der Waals surface area contributed by atoms with Crippen LogP contribution in [0.2, 0.25) is 0 Å². The lowest BCUT2D eigenvalue weighted by Crippen LogP contribution is -2.10. The van der Waals surface area contributed by atoms with Crippen LogP contribution >= 0.6 is 0 Å². The fraction of sp³-hybridized carbons (Fsp3) is 0.333. The van der Waals surface area contributed by atoms with Gasteiger partial charge in [0.1, 0.15) is 0 Å². The maximum absolute atomic E-state index is 11.5. The summed E-state index contributed by atoms with van der Waals surface area (Å²) in [5.41, 5.74) is 1.74. The highest BCUT2D eigenvalue weighted by atomic mass is 16.4. The molecule has 5 nitrogen and oxygen atoms in total. The molecule has 5 heteroatoms. The Morgan fingerprint density at radius 3 is 3.06 bits per heavy atom. The number of amides is 1. The molecule has 0 saturated heterocycles. The highest BCUT2D eigenvalue weighted by Gasteiger charge is 2.05. The molecule has 2 N–H and O–H groups in total. The minimum Gasteiger partial charge on any atom is -0.408 e. The molecule has 0 unspecified atom stereocenters.